The molecular weight excluding hydrogens is 258 g/mol. The summed E-state index contributed by atoms with van der Waals surface area (Å²) in [5.41, 5.74) is 2.23. The lowest BCUT2D eigenvalue weighted by molar-refractivity contribution is 0.269. The van der Waals surface area contributed by atoms with Crippen molar-refractivity contribution in [3.8, 4) is 0 Å². The molecule has 100 valence electrons. The molecule has 0 aliphatic carbocycles. The van der Waals surface area contributed by atoms with Gasteiger partial charge in [-0.3, -0.25) is 0 Å². The van der Waals surface area contributed by atoms with Crippen LogP contribution < -0.4 is 5.32 Å². The summed E-state index contributed by atoms with van der Waals surface area (Å²) in [6.07, 6.45) is 1.83. The molecule has 3 heteroatoms. The van der Waals surface area contributed by atoms with Gasteiger partial charge in [-0.05, 0) is 36.6 Å². The summed E-state index contributed by atoms with van der Waals surface area (Å²) < 4.78 is 0. The average molecular weight is 276 g/mol. The molecule has 0 bridgehead atoms. The fourth-order valence-electron chi connectivity index (χ4n) is 2.01. The van der Waals surface area contributed by atoms with Gasteiger partial charge in [0.1, 0.15) is 0 Å². The van der Waals surface area contributed by atoms with Crippen LogP contribution in [-0.2, 0) is 6.42 Å². The van der Waals surface area contributed by atoms with E-state index in [1.165, 1.54) is 5.56 Å². The second-order valence-electron chi connectivity index (χ2n) is 4.56. The Morgan fingerprint density at radius 2 is 1.84 bits per heavy atom. The Bertz CT molecular complexity index is 501. The van der Waals surface area contributed by atoms with Gasteiger partial charge in [-0.25, -0.2) is 0 Å². The summed E-state index contributed by atoms with van der Waals surface area (Å²) in [7, 11) is 0. The summed E-state index contributed by atoms with van der Waals surface area (Å²) in [6.45, 7) is 0.110. The molecule has 0 amide bonds. The molecule has 0 aliphatic heterocycles. The molecule has 0 spiro atoms. The monoisotopic (exact) mass is 275 g/mol. The predicted octanol–water partition coefficient (Wildman–Crippen LogP) is 3.75. The second-order valence-corrected chi connectivity index (χ2v) is 4.99. The minimum Gasteiger partial charge on any atom is -0.394 e. The largest absolute Gasteiger partial charge is 0.394 e. The van der Waals surface area contributed by atoms with E-state index in [2.05, 4.69) is 17.4 Å². The lowest BCUT2D eigenvalue weighted by atomic mass is 10.1. The highest BCUT2D eigenvalue weighted by atomic mass is 35.5. The number of benzene rings is 2. The maximum atomic E-state index is 9.44. The predicted molar refractivity (Wildman–Crippen MR) is 80.7 cm³/mol. The SMILES string of the molecule is OCC(CCc1ccccc1)Nc1cccc(Cl)c1. The van der Waals surface area contributed by atoms with Crippen LogP contribution in [0.5, 0.6) is 0 Å². The van der Waals surface area contributed by atoms with E-state index in [0.29, 0.717) is 5.02 Å². The zero-order valence-electron chi connectivity index (χ0n) is 10.7. The number of aliphatic hydroxyl groups excluding tert-OH is 1. The van der Waals surface area contributed by atoms with Crippen LogP contribution in [0.15, 0.2) is 54.6 Å². The Morgan fingerprint density at radius 1 is 1.05 bits per heavy atom. The molecule has 2 nitrogen and oxygen atoms in total. The Kier molecular flexibility index (Phi) is 5.25. The van der Waals surface area contributed by atoms with Crippen LogP contribution in [-0.4, -0.2) is 17.8 Å². The third-order valence-corrected chi connectivity index (χ3v) is 3.28. The number of hydrogen-bond donors (Lipinski definition) is 2. The van der Waals surface area contributed by atoms with Gasteiger partial charge < -0.3 is 10.4 Å². The van der Waals surface area contributed by atoms with Gasteiger partial charge in [-0.2, -0.15) is 0 Å². The highest BCUT2D eigenvalue weighted by Gasteiger charge is 2.07. The molecule has 0 saturated carbocycles. The third-order valence-electron chi connectivity index (χ3n) is 3.04. The van der Waals surface area contributed by atoms with Gasteiger partial charge in [0, 0.05) is 16.8 Å². The lowest BCUT2D eigenvalue weighted by Gasteiger charge is -2.17. The summed E-state index contributed by atoms with van der Waals surface area (Å²) in [6, 6.07) is 17.9. The smallest absolute Gasteiger partial charge is 0.0632 e. The van der Waals surface area contributed by atoms with Crippen molar-refractivity contribution < 1.29 is 5.11 Å². The first-order valence-corrected chi connectivity index (χ1v) is 6.82. The molecule has 0 radical (unpaired) electrons. The lowest BCUT2D eigenvalue weighted by Crippen LogP contribution is -2.24. The molecule has 2 aromatic rings. The van der Waals surface area contributed by atoms with Gasteiger partial charge in [0.25, 0.3) is 0 Å². The van der Waals surface area contributed by atoms with Gasteiger partial charge >= 0.3 is 0 Å². The number of rotatable bonds is 6. The topological polar surface area (TPSA) is 32.3 Å². The van der Waals surface area contributed by atoms with Crippen molar-refractivity contribution in [1.82, 2.24) is 0 Å². The average Bonchev–Trinajstić information content (AvgIpc) is 2.44. The Labute approximate surface area is 119 Å². The van der Waals surface area contributed by atoms with Crippen molar-refractivity contribution in [3.63, 3.8) is 0 Å². The normalized spacial score (nSPS) is 12.1. The van der Waals surface area contributed by atoms with Crippen LogP contribution in [0.25, 0.3) is 0 Å². The van der Waals surface area contributed by atoms with E-state index in [1.54, 1.807) is 0 Å². The van der Waals surface area contributed by atoms with Crippen molar-refractivity contribution in [2.45, 2.75) is 18.9 Å². The van der Waals surface area contributed by atoms with Crippen molar-refractivity contribution >= 4 is 17.3 Å². The van der Waals surface area contributed by atoms with Gasteiger partial charge in [0.05, 0.1) is 6.61 Å². The summed E-state index contributed by atoms with van der Waals surface area (Å²) >= 11 is 5.94. The Balaban J connectivity index is 1.90. The molecule has 1 atom stereocenters. The van der Waals surface area contributed by atoms with Crippen molar-refractivity contribution in [1.29, 1.82) is 0 Å². The van der Waals surface area contributed by atoms with Crippen molar-refractivity contribution in [3.05, 3.63) is 65.2 Å². The quantitative estimate of drug-likeness (QED) is 0.842. The number of aliphatic hydroxyl groups is 1. The zero-order chi connectivity index (χ0) is 13.5. The van der Waals surface area contributed by atoms with E-state index in [1.807, 2.05) is 42.5 Å². The first-order chi connectivity index (χ1) is 9.28. The number of anilines is 1. The van der Waals surface area contributed by atoms with Gasteiger partial charge in [0.15, 0.2) is 0 Å². The standard InChI is InChI=1S/C16H18ClNO/c17-14-7-4-8-15(11-14)18-16(12-19)10-9-13-5-2-1-3-6-13/h1-8,11,16,18-19H,9-10,12H2. The van der Waals surface area contributed by atoms with Crippen LogP contribution in [0.3, 0.4) is 0 Å². The van der Waals surface area contributed by atoms with Crippen LogP contribution >= 0.6 is 11.6 Å². The minimum absolute atomic E-state index is 0.0404. The summed E-state index contributed by atoms with van der Waals surface area (Å²) in [5, 5.41) is 13.4. The highest BCUT2D eigenvalue weighted by Crippen LogP contribution is 2.17. The molecule has 1 unspecified atom stereocenters. The molecule has 0 aromatic heterocycles. The number of nitrogens with one attached hydrogen (secondary N) is 1. The number of hydrogen-bond acceptors (Lipinski definition) is 2. The van der Waals surface area contributed by atoms with Gasteiger partial charge in [-0.1, -0.05) is 48.0 Å². The third kappa shape index (κ3) is 4.58. The highest BCUT2D eigenvalue weighted by molar-refractivity contribution is 6.30. The number of aryl methyl sites for hydroxylation is 1. The minimum atomic E-state index is 0.0404. The van der Waals surface area contributed by atoms with Gasteiger partial charge in [0.2, 0.25) is 0 Å². The molecule has 0 fully saturated rings. The van der Waals surface area contributed by atoms with E-state index in [9.17, 15) is 5.11 Å². The van der Waals surface area contributed by atoms with Crippen LogP contribution in [0, 0.1) is 0 Å². The van der Waals surface area contributed by atoms with Gasteiger partial charge in [-0.15, -0.1) is 0 Å². The molecule has 2 N–H and O–H groups in total. The molecule has 0 aliphatic rings. The molecular formula is C16H18ClNO. The fraction of sp³-hybridized carbons (Fsp3) is 0.250. The molecule has 2 rings (SSSR count). The first-order valence-electron chi connectivity index (χ1n) is 6.45. The summed E-state index contributed by atoms with van der Waals surface area (Å²) in [5.74, 6) is 0. The zero-order valence-corrected chi connectivity index (χ0v) is 11.5. The van der Waals surface area contributed by atoms with Crippen molar-refractivity contribution in [2.75, 3.05) is 11.9 Å². The van der Waals surface area contributed by atoms with E-state index in [-0.39, 0.29) is 12.6 Å². The van der Waals surface area contributed by atoms with E-state index in [4.69, 9.17) is 11.6 Å². The summed E-state index contributed by atoms with van der Waals surface area (Å²) in [4.78, 5) is 0. The maximum Gasteiger partial charge on any atom is 0.0632 e. The van der Waals surface area contributed by atoms with E-state index >= 15 is 0 Å². The Hall–Kier alpha value is -1.51. The maximum absolute atomic E-state index is 9.44. The van der Waals surface area contributed by atoms with Crippen molar-refractivity contribution in [2.24, 2.45) is 0 Å². The fourth-order valence-corrected chi connectivity index (χ4v) is 2.20. The molecule has 0 heterocycles. The molecule has 0 saturated heterocycles. The van der Waals surface area contributed by atoms with Crippen LogP contribution in [0.4, 0.5) is 5.69 Å². The molecule has 19 heavy (non-hydrogen) atoms. The second kappa shape index (κ2) is 7.17. The number of halogens is 1. The van der Waals surface area contributed by atoms with E-state index < -0.39 is 0 Å². The Morgan fingerprint density at radius 3 is 2.53 bits per heavy atom. The van der Waals surface area contributed by atoms with Crippen LogP contribution in [0.2, 0.25) is 5.02 Å². The first kappa shape index (κ1) is 13.9. The van der Waals surface area contributed by atoms with Crippen LogP contribution in [0.1, 0.15) is 12.0 Å². The molecule has 2 aromatic carbocycles. The van der Waals surface area contributed by atoms with E-state index in [0.717, 1.165) is 18.5 Å².